The summed E-state index contributed by atoms with van der Waals surface area (Å²) >= 11 is 11.8. The predicted octanol–water partition coefficient (Wildman–Crippen LogP) is 4.29. The molecule has 2 nitrogen and oxygen atoms in total. The molecule has 0 aliphatic carbocycles. The van der Waals surface area contributed by atoms with Crippen molar-refractivity contribution in [1.29, 1.82) is 5.26 Å². The molecule has 0 aliphatic rings. The zero-order chi connectivity index (χ0) is 12.8. The summed E-state index contributed by atoms with van der Waals surface area (Å²) < 4.78 is 0. The van der Waals surface area contributed by atoms with E-state index in [0.29, 0.717) is 10.0 Å². The molecule has 0 fully saturated rings. The van der Waals surface area contributed by atoms with Crippen LogP contribution in [0.3, 0.4) is 0 Å². The molecule has 0 saturated heterocycles. The highest BCUT2D eigenvalue weighted by Gasteiger charge is 2.16. The Labute approximate surface area is 113 Å². The van der Waals surface area contributed by atoms with E-state index < -0.39 is 0 Å². The van der Waals surface area contributed by atoms with Crippen molar-refractivity contribution in [3.63, 3.8) is 0 Å². The minimum Gasteiger partial charge on any atom is -0.287 e. The molecule has 1 atom stereocenters. The highest BCUT2D eigenvalue weighted by Crippen LogP contribution is 2.27. The summed E-state index contributed by atoms with van der Waals surface area (Å²) in [7, 11) is 1.95. The average molecular weight is 271 g/mol. The van der Waals surface area contributed by atoms with E-state index in [1.807, 2.05) is 18.0 Å². The van der Waals surface area contributed by atoms with Crippen LogP contribution in [0.1, 0.15) is 31.4 Å². The van der Waals surface area contributed by atoms with Gasteiger partial charge in [-0.25, -0.2) is 0 Å². The molecule has 0 heterocycles. The Morgan fingerprint density at radius 2 is 2.06 bits per heavy atom. The SMILES string of the molecule is CCCCN(C)C(C#N)c1ccc(Cl)c(Cl)c1. The zero-order valence-corrected chi connectivity index (χ0v) is 11.6. The summed E-state index contributed by atoms with van der Waals surface area (Å²) in [5.41, 5.74) is 0.889. The first kappa shape index (κ1) is 14.3. The second kappa shape index (κ2) is 6.86. The van der Waals surface area contributed by atoms with Crippen LogP contribution in [0.2, 0.25) is 10.0 Å². The number of halogens is 2. The van der Waals surface area contributed by atoms with Gasteiger partial charge in [0.05, 0.1) is 16.1 Å². The molecule has 0 spiro atoms. The van der Waals surface area contributed by atoms with Crippen LogP contribution in [0.5, 0.6) is 0 Å². The fraction of sp³-hybridized carbons (Fsp3) is 0.462. The first-order valence-corrected chi connectivity index (χ1v) is 6.40. The first-order valence-electron chi connectivity index (χ1n) is 5.65. The Balaban J connectivity index is 2.86. The minimum atomic E-state index is -0.267. The average Bonchev–Trinajstić information content (AvgIpc) is 2.32. The molecule has 1 unspecified atom stereocenters. The van der Waals surface area contributed by atoms with Crippen molar-refractivity contribution in [2.75, 3.05) is 13.6 Å². The number of hydrogen-bond acceptors (Lipinski definition) is 2. The summed E-state index contributed by atoms with van der Waals surface area (Å²) in [6.07, 6.45) is 2.19. The molecule has 92 valence electrons. The van der Waals surface area contributed by atoms with Crippen LogP contribution in [0, 0.1) is 11.3 Å². The van der Waals surface area contributed by atoms with Gasteiger partial charge in [0, 0.05) is 0 Å². The molecular formula is C13H16Cl2N2. The van der Waals surface area contributed by atoms with Gasteiger partial charge in [-0.15, -0.1) is 0 Å². The lowest BCUT2D eigenvalue weighted by atomic mass is 10.1. The van der Waals surface area contributed by atoms with Crippen LogP contribution in [-0.4, -0.2) is 18.5 Å². The van der Waals surface area contributed by atoms with E-state index in [2.05, 4.69) is 13.0 Å². The molecule has 1 rings (SSSR count). The summed E-state index contributed by atoms with van der Waals surface area (Å²) in [4.78, 5) is 2.03. The van der Waals surface area contributed by atoms with E-state index in [9.17, 15) is 5.26 Å². The van der Waals surface area contributed by atoms with Crippen LogP contribution in [-0.2, 0) is 0 Å². The standard InChI is InChI=1S/C13H16Cl2N2/c1-3-4-7-17(2)13(9-16)10-5-6-11(14)12(15)8-10/h5-6,8,13H,3-4,7H2,1-2H3. The fourth-order valence-electron chi connectivity index (χ4n) is 1.65. The van der Waals surface area contributed by atoms with Gasteiger partial charge in [-0.05, 0) is 37.7 Å². The van der Waals surface area contributed by atoms with Crippen molar-refractivity contribution in [2.24, 2.45) is 0 Å². The monoisotopic (exact) mass is 270 g/mol. The van der Waals surface area contributed by atoms with Gasteiger partial charge < -0.3 is 0 Å². The fourth-order valence-corrected chi connectivity index (χ4v) is 1.95. The summed E-state index contributed by atoms with van der Waals surface area (Å²) in [6, 6.07) is 7.38. The van der Waals surface area contributed by atoms with Crippen molar-refractivity contribution in [3.8, 4) is 6.07 Å². The number of benzene rings is 1. The predicted molar refractivity (Wildman–Crippen MR) is 72.4 cm³/mol. The molecule has 0 bridgehead atoms. The van der Waals surface area contributed by atoms with Crippen LogP contribution >= 0.6 is 23.2 Å². The Bertz CT molecular complexity index is 412. The molecule has 0 aliphatic heterocycles. The van der Waals surface area contributed by atoms with Gasteiger partial charge in [0.15, 0.2) is 0 Å². The Kier molecular flexibility index (Phi) is 5.77. The van der Waals surface area contributed by atoms with E-state index in [-0.39, 0.29) is 6.04 Å². The smallest absolute Gasteiger partial charge is 0.123 e. The third-order valence-corrected chi connectivity index (χ3v) is 3.43. The van der Waals surface area contributed by atoms with Crippen molar-refractivity contribution >= 4 is 23.2 Å². The Morgan fingerprint density at radius 1 is 1.35 bits per heavy atom. The third kappa shape index (κ3) is 3.89. The first-order chi connectivity index (χ1) is 8.10. The maximum Gasteiger partial charge on any atom is 0.123 e. The molecule has 0 amide bonds. The zero-order valence-electron chi connectivity index (χ0n) is 10.1. The van der Waals surface area contributed by atoms with Crippen molar-refractivity contribution in [2.45, 2.75) is 25.8 Å². The van der Waals surface area contributed by atoms with Gasteiger partial charge >= 0.3 is 0 Å². The largest absolute Gasteiger partial charge is 0.287 e. The second-order valence-electron chi connectivity index (χ2n) is 4.04. The maximum atomic E-state index is 9.24. The lowest BCUT2D eigenvalue weighted by molar-refractivity contribution is 0.287. The number of nitrogens with zero attached hydrogens (tertiary/aromatic N) is 2. The van der Waals surface area contributed by atoms with E-state index in [4.69, 9.17) is 23.2 Å². The molecule has 4 heteroatoms. The number of nitriles is 1. The molecule has 0 saturated carbocycles. The summed E-state index contributed by atoms with van der Waals surface area (Å²) in [5, 5.41) is 10.3. The van der Waals surface area contributed by atoms with Crippen LogP contribution in [0.4, 0.5) is 0 Å². The second-order valence-corrected chi connectivity index (χ2v) is 4.85. The topological polar surface area (TPSA) is 27.0 Å². The summed E-state index contributed by atoms with van der Waals surface area (Å²) in [6.45, 7) is 3.03. The molecule has 17 heavy (non-hydrogen) atoms. The highest BCUT2D eigenvalue weighted by molar-refractivity contribution is 6.42. The molecule has 0 N–H and O–H groups in total. The van der Waals surface area contributed by atoms with Gasteiger partial charge in [0.2, 0.25) is 0 Å². The lowest BCUT2D eigenvalue weighted by Crippen LogP contribution is -2.24. The normalized spacial score (nSPS) is 12.5. The lowest BCUT2D eigenvalue weighted by Gasteiger charge is -2.22. The van der Waals surface area contributed by atoms with E-state index in [1.165, 1.54) is 0 Å². The van der Waals surface area contributed by atoms with Crippen LogP contribution in [0.25, 0.3) is 0 Å². The Morgan fingerprint density at radius 3 is 2.59 bits per heavy atom. The van der Waals surface area contributed by atoms with Crippen LogP contribution < -0.4 is 0 Å². The molecule has 1 aromatic carbocycles. The van der Waals surface area contributed by atoms with E-state index in [0.717, 1.165) is 24.9 Å². The van der Waals surface area contributed by atoms with Gasteiger partial charge in [-0.3, -0.25) is 4.90 Å². The Hall–Kier alpha value is -0.750. The van der Waals surface area contributed by atoms with Gasteiger partial charge in [0.1, 0.15) is 6.04 Å². The van der Waals surface area contributed by atoms with Gasteiger partial charge in [-0.2, -0.15) is 5.26 Å². The molecule has 0 aromatic heterocycles. The highest BCUT2D eigenvalue weighted by atomic mass is 35.5. The van der Waals surface area contributed by atoms with Gasteiger partial charge in [-0.1, -0.05) is 42.6 Å². The molecule has 1 aromatic rings. The third-order valence-electron chi connectivity index (χ3n) is 2.69. The number of hydrogen-bond donors (Lipinski definition) is 0. The van der Waals surface area contributed by atoms with E-state index in [1.54, 1.807) is 12.1 Å². The molecule has 0 radical (unpaired) electrons. The quantitative estimate of drug-likeness (QED) is 0.798. The number of unbranched alkanes of at least 4 members (excludes halogenated alkanes) is 1. The number of rotatable bonds is 5. The maximum absolute atomic E-state index is 9.24. The van der Waals surface area contributed by atoms with Crippen molar-refractivity contribution in [1.82, 2.24) is 4.90 Å². The van der Waals surface area contributed by atoms with Gasteiger partial charge in [0.25, 0.3) is 0 Å². The minimum absolute atomic E-state index is 0.267. The van der Waals surface area contributed by atoms with Crippen molar-refractivity contribution < 1.29 is 0 Å². The van der Waals surface area contributed by atoms with E-state index >= 15 is 0 Å². The summed E-state index contributed by atoms with van der Waals surface area (Å²) in [5.74, 6) is 0. The van der Waals surface area contributed by atoms with Crippen LogP contribution in [0.15, 0.2) is 18.2 Å². The molecular weight excluding hydrogens is 255 g/mol. The van der Waals surface area contributed by atoms with Crippen molar-refractivity contribution in [3.05, 3.63) is 33.8 Å².